The summed E-state index contributed by atoms with van der Waals surface area (Å²) in [6.45, 7) is 6.18. The van der Waals surface area contributed by atoms with Gasteiger partial charge in [-0.15, -0.1) is 17.9 Å². The summed E-state index contributed by atoms with van der Waals surface area (Å²) in [7, 11) is 1.54. The molecule has 2 rings (SSSR count). The summed E-state index contributed by atoms with van der Waals surface area (Å²) >= 11 is 4.86. The lowest BCUT2D eigenvalue weighted by Gasteiger charge is -2.34. The van der Waals surface area contributed by atoms with Crippen LogP contribution in [0.4, 0.5) is 4.79 Å². The molecule has 1 atom stereocenters. The number of esters is 1. The quantitative estimate of drug-likeness (QED) is 0.422. The number of urea groups is 1. The highest BCUT2D eigenvalue weighted by Gasteiger charge is 2.36. The molecule has 2 amide bonds. The van der Waals surface area contributed by atoms with Crippen LogP contribution in [0.2, 0.25) is 0 Å². The van der Waals surface area contributed by atoms with Crippen LogP contribution in [0.1, 0.15) is 17.8 Å². The topological polar surface area (TPSA) is 67.9 Å². The molecule has 6 nitrogen and oxygen atoms in total. The van der Waals surface area contributed by atoms with Gasteiger partial charge >= 0.3 is 12.0 Å². The zero-order valence-electron chi connectivity index (χ0n) is 13.5. The molecule has 0 unspecified atom stereocenters. The second-order valence-electron chi connectivity index (χ2n) is 5.08. The summed E-state index contributed by atoms with van der Waals surface area (Å²) in [4.78, 5) is 27.3. The third kappa shape index (κ3) is 4.06. The van der Waals surface area contributed by atoms with E-state index in [1.54, 1.807) is 13.0 Å². The number of halogens is 1. The minimum absolute atomic E-state index is 0.155. The number of thiophene rings is 1. The Labute approximate surface area is 153 Å². The molecule has 8 heteroatoms. The number of hydrogen-bond donors (Lipinski definition) is 1. The summed E-state index contributed by atoms with van der Waals surface area (Å²) in [6.07, 6.45) is 1.61. The monoisotopic (exact) mass is 414 g/mol. The first-order chi connectivity index (χ1) is 11.5. The lowest BCUT2D eigenvalue weighted by Crippen LogP contribution is -2.47. The number of carbonyl (C=O) groups is 2. The number of ether oxygens (including phenoxy) is 2. The Bertz CT molecular complexity index is 671. The van der Waals surface area contributed by atoms with Crippen LogP contribution in [0.15, 0.2) is 39.8 Å². The Morgan fingerprint density at radius 2 is 2.29 bits per heavy atom. The van der Waals surface area contributed by atoms with E-state index in [1.807, 2.05) is 11.4 Å². The van der Waals surface area contributed by atoms with Crippen LogP contribution in [-0.2, 0) is 14.3 Å². The van der Waals surface area contributed by atoms with E-state index >= 15 is 0 Å². The molecular weight excluding hydrogens is 396 g/mol. The maximum Gasteiger partial charge on any atom is 0.338 e. The second-order valence-corrected chi connectivity index (χ2v) is 6.94. The smallest absolute Gasteiger partial charge is 0.338 e. The third-order valence-corrected chi connectivity index (χ3v) is 5.28. The van der Waals surface area contributed by atoms with Crippen molar-refractivity contribution in [2.24, 2.45) is 0 Å². The minimum Gasteiger partial charge on any atom is -0.460 e. The molecule has 24 heavy (non-hydrogen) atoms. The molecule has 1 aliphatic rings. The summed E-state index contributed by atoms with van der Waals surface area (Å²) in [5.74, 6) is -0.465. The standard InChI is InChI=1S/C16H19BrN2O4S/c1-4-5-19-10(2)13(15(20)23-7-6-22-3)14(18-16(19)21)12-8-11(17)9-24-12/h4,8-9,14H,1,5-7H2,2-3H3,(H,18,21)/t14-/m0/s1. The van der Waals surface area contributed by atoms with Gasteiger partial charge in [0.25, 0.3) is 0 Å². The van der Waals surface area contributed by atoms with E-state index in [0.717, 1.165) is 9.35 Å². The number of hydrogen-bond acceptors (Lipinski definition) is 5. The molecule has 1 aromatic rings. The molecule has 0 aliphatic carbocycles. The van der Waals surface area contributed by atoms with Crippen LogP contribution >= 0.6 is 27.3 Å². The summed E-state index contributed by atoms with van der Waals surface area (Å²) in [5.41, 5.74) is 0.984. The molecule has 1 aliphatic heterocycles. The lowest BCUT2D eigenvalue weighted by molar-refractivity contribution is -0.140. The minimum atomic E-state index is -0.537. The number of nitrogens with zero attached hydrogens (tertiary/aromatic N) is 1. The molecule has 1 N–H and O–H groups in total. The summed E-state index contributed by atoms with van der Waals surface area (Å²) in [5, 5.41) is 4.78. The average Bonchev–Trinajstić information content (AvgIpc) is 2.97. The molecular formula is C16H19BrN2O4S. The highest BCUT2D eigenvalue weighted by Crippen LogP contribution is 2.35. The Kier molecular flexibility index (Phi) is 6.59. The van der Waals surface area contributed by atoms with Gasteiger partial charge in [-0.3, -0.25) is 4.90 Å². The fourth-order valence-electron chi connectivity index (χ4n) is 2.38. The predicted molar refractivity (Wildman–Crippen MR) is 95.7 cm³/mol. The first-order valence-electron chi connectivity index (χ1n) is 7.29. The number of amides is 2. The third-order valence-electron chi connectivity index (χ3n) is 3.52. The fourth-order valence-corrected chi connectivity index (χ4v) is 3.89. The highest BCUT2D eigenvalue weighted by molar-refractivity contribution is 9.10. The molecule has 1 aromatic heterocycles. The van der Waals surface area contributed by atoms with Gasteiger partial charge in [-0.05, 0) is 28.9 Å². The lowest BCUT2D eigenvalue weighted by atomic mass is 10.0. The number of methoxy groups -OCH3 is 1. The molecule has 0 saturated carbocycles. The molecule has 2 heterocycles. The zero-order chi connectivity index (χ0) is 17.7. The number of allylic oxidation sites excluding steroid dienone is 1. The van der Waals surface area contributed by atoms with E-state index in [9.17, 15) is 9.59 Å². The van der Waals surface area contributed by atoms with Crippen molar-refractivity contribution in [2.45, 2.75) is 13.0 Å². The Hall–Kier alpha value is -1.64. The highest BCUT2D eigenvalue weighted by atomic mass is 79.9. The predicted octanol–water partition coefficient (Wildman–Crippen LogP) is 3.23. The summed E-state index contributed by atoms with van der Waals surface area (Å²) in [6, 6.07) is 1.08. The zero-order valence-corrected chi connectivity index (χ0v) is 15.9. The first kappa shape index (κ1) is 18.7. The van der Waals surface area contributed by atoms with Gasteiger partial charge in [0.05, 0.1) is 18.2 Å². The van der Waals surface area contributed by atoms with E-state index in [2.05, 4.69) is 27.8 Å². The average molecular weight is 415 g/mol. The van der Waals surface area contributed by atoms with E-state index in [0.29, 0.717) is 24.4 Å². The van der Waals surface area contributed by atoms with Crippen molar-refractivity contribution in [1.82, 2.24) is 10.2 Å². The van der Waals surface area contributed by atoms with Crippen molar-refractivity contribution in [1.29, 1.82) is 0 Å². The van der Waals surface area contributed by atoms with Crippen LogP contribution in [0.25, 0.3) is 0 Å². The van der Waals surface area contributed by atoms with Gasteiger partial charge < -0.3 is 14.8 Å². The number of carbonyl (C=O) groups excluding carboxylic acids is 2. The molecule has 0 fully saturated rings. The van der Waals surface area contributed by atoms with Crippen molar-refractivity contribution >= 4 is 39.3 Å². The van der Waals surface area contributed by atoms with Gasteiger partial charge in [-0.2, -0.15) is 0 Å². The maximum absolute atomic E-state index is 12.6. The molecule has 130 valence electrons. The van der Waals surface area contributed by atoms with Gasteiger partial charge in [0, 0.05) is 34.1 Å². The van der Waals surface area contributed by atoms with Crippen LogP contribution in [0.3, 0.4) is 0 Å². The van der Waals surface area contributed by atoms with E-state index < -0.39 is 12.0 Å². The van der Waals surface area contributed by atoms with Crippen molar-refractivity contribution < 1.29 is 19.1 Å². The maximum atomic E-state index is 12.6. The van der Waals surface area contributed by atoms with E-state index in [1.165, 1.54) is 23.3 Å². The number of rotatable bonds is 7. The molecule has 0 bridgehead atoms. The SMILES string of the molecule is C=CCN1C(=O)N[C@@H](c2cc(Br)cs2)C(C(=O)OCCOC)=C1C. The van der Waals surface area contributed by atoms with Gasteiger partial charge in [0.1, 0.15) is 6.61 Å². The number of nitrogens with one attached hydrogen (secondary N) is 1. The van der Waals surface area contributed by atoms with Crippen molar-refractivity contribution in [3.8, 4) is 0 Å². The van der Waals surface area contributed by atoms with Gasteiger partial charge in [0.2, 0.25) is 0 Å². The van der Waals surface area contributed by atoms with Gasteiger partial charge in [-0.25, -0.2) is 9.59 Å². The molecule has 0 saturated heterocycles. The van der Waals surface area contributed by atoms with Crippen molar-refractivity contribution in [3.63, 3.8) is 0 Å². The van der Waals surface area contributed by atoms with Gasteiger partial charge in [0.15, 0.2) is 0 Å². The normalized spacial score (nSPS) is 17.7. The van der Waals surface area contributed by atoms with E-state index in [-0.39, 0.29) is 12.6 Å². The largest absolute Gasteiger partial charge is 0.460 e. The van der Waals surface area contributed by atoms with Crippen LogP contribution in [-0.4, -0.2) is 43.8 Å². The van der Waals surface area contributed by atoms with E-state index in [4.69, 9.17) is 9.47 Å². The molecule has 0 spiro atoms. The summed E-state index contributed by atoms with van der Waals surface area (Å²) < 4.78 is 11.1. The molecule has 0 aromatic carbocycles. The fraction of sp³-hybridized carbons (Fsp3) is 0.375. The van der Waals surface area contributed by atoms with Crippen LogP contribution in [0, 0.1) is 0 Å². The first-order valence-corrected chi connectivity index (χ1v) is 8.96. The van der Waals surface area contributed by atoms with Crippen molar-refractivity contribution in [2.75, 3.05) is 26.9 Å². The molecule has 0 radical (unpaired) electrons. The van der Waals surface area contributed by atoms with Crippen molar-refractivity contribution in [3.05, 3.63) is 44.7 Å². The Morgan fingerprint density at radius 1 is 1.54 bits per heavy atom. The second kappa shape index (κ2) is 8.46. The Morgan fingerprint density at radius 3 is 2.88 bits per heavy atom. The van der Waals surface area contributed by atoms with Crippen LogP contribution < -0.4 is 5.32 Å². The van der Waals surface area contributed by atoms with Crippen LogP contribution in [0.5, 0.6) is 0 Å². The Balaban J connectivity index is 2.39. The van der Waals surface area contributed by atoms with Gasteiger partial charge in [-0.1, -0.05) is 6.08 Å².